The lowest BCUT2D eigenvalue weighted by Gasteiger charge is -2.11. The molecule has 8 nitrogen and oxygen atoms in total. The summed E-state index contributed by atoms with van der Waals surface area (Å²) in [5.74, 6) is 0.595. The summed E-state index contributed by atoms with van der Waals surface area (Å²) in [7, 11) is 0. The van der Waals surface area contributed by atoms with E-state index >= 15 is 0 Å². The van der Waals surface area contributed by atoms with Crippen LogP contribution in [0.25, 0.3) is 22.4 Å². The molecular weight excluding hydrogens is 384 g/mol. The predicted octanol–water partition coefficient (Wildman–Crippen LogP) is 4.46. The van der Waals surface area contributed by atoms with Crippen molar-refractivity contribution in [1.29, 1.82) is 0 Å². The summed E-state index contributed by atoms with van der Waals surface area (Å²) >= 11 is 0. The molecule has 0 unspecified atom stereocenters. The van der Waals surface area contributed by atoms with Crippen LogP contribution in [0.15, 0.2) is 66.7 Å². The van der Waals surface area contributed by atoms with Crippen LogP contribution in [0.5, 0.6) is 5.75 Å². The number of carbonyl (C=O) groups is 1. The number of benzene rings is 3. The van der Waals surface area contributed by atoms with E-state index < -0.39 is 4.92 Å². The molecule has 30 heavy (non-hydrogen) atoms. The predicted molar refractivity (Wildman–Crippen MR) is 113 cm³/mol. The van der Waals surface area contributed by atoms with E-state index in [1.807, 2.05) is 49.4 Å². The van der Waals surface area contributed by atoms with Crippen molar-refractivity contribution in [3.63, 3.8) is 0 Å². The summed E-state index contributed by atoms with van der Waals surface area (Å²) in [4.78, 5) is 30.5. The van der Waals surface area contributed by atoms with E-state index in [9.17, 15) is 14.9 Å². The lowest BCUT2D eigenvalue weighted by Crippen LogP contribution is -2.20. The maximum atomic E-state index is 12.4. The van der Waals surface area contributed by atoms with Crippen LogP contribution in [0.2, 0.25) is 0 Å². The summed E-state index contributed by atoms with van der Waals surface area (Å²) in [6.07, 6.45) is 0. The minimum Gasteiger partial charge on any atom is -0.484 e. The number of nitro groups is 1. The van der Waals surface area contributed by atoms with Crippen molar-refractivity contribution in [2.24, 2.45) is 0 Å². The molecule has 0 bridgehead atoms. The van der Waals surface area contributed by atoms with Gasteiger partial charge in [-0.05, 0) is 36.8 Å². The molecule has 0 radical (unpaired) electrons. The zero-order valence-corrected chi connectivity index (χ0v) is 16.1. The summed E-state index contributed by atoms with van der Waals surface area (Å²) < 4.78 is 5.39. The van der Waals surface area contributed by atoms with Crippen molar-refractivity contribution in [3.8, 4) is 17.1 Å². The molecule has 0 saturated carbocycles. The Labute approximate surface area is 171 Å². The quantitative estimate of drug-likeness (QED) is 0.365. The molecule has 3 aromatic carbocycles. The normalized spacial score (nSPS) is 10.7. The van der Waals surface area contributed by atoms with Gasteiger partial charge in [-0.25, -0.2) is 4.98 Å². The van der Waals surface area contributed by atoms with E-state index in [-0.39, 0.29) is 24.0 Å². The molecule has 0 atom stereocenters. The monoisotopic (exact) mass is 402 g/mol. The fraction of sp³-hybridized carbons (Fsp3) is 0.0909. The molecule has 0 aliphatic heterocycles. The van der Waals surface area contributed by atoms with Crippen LogP contribution in [0.4, 0.5) is 11.4 Å². The first kappa shape index (κ1) is 19.1. The number of para-hydroxylation sites is 2. The molecule has 0 saturated heterocycles. The summed E-state index contributed by atoms with van der Waals surface area (Å²) in [6.45, 7) is 1.62. The second-order valence-corrected chi connectivity index (χ2v) is 6.72. The Bertz CT molecular complexity index is 1220. The molecule has 0 aliphatic carbocycles. The number of rotatable bonds is 6. The van der Waals surface area contributed by atoms with E-state index in [0.29, 0.717) is 11.5 Å². The SMILES string of the molecule is Cc1ccc(-c2nc3ccccc3[nH]2)cc1NC(=O)COc1cccc([N+](=O)[O-])c1. The van der Waals surface area contributed by atoms with Gasteiger partial charge in [-0.3, -0.25) is 14.9 Å². The minimum absolute atomic E-state index is 0.0951. The van der Waals surface area contributed by atoms with Crippen molar-refractivity contribution in [3.05, 3.63) is 82.4 Å². The van der Waals surface area contributed by atoms with Gasteiger partial charge in [-0.15, -0.1) is 0 Å². The van der Waals surface area contributed by atoms with Crippen molar-refractivity contribution >= 4 is 28.3 Å². The second kappa shape index (κ2) is 8.04. The number of fused-ring (bicyclic) bond motifs is 1. The Kier molecular flexibility index (Phi) is 5.13. The Morgan fingerprint density at radius 1 is 1.13 bits per heavy atom. The molecular formula is C22H18N4O4. The number of nitrogens with one attached hydrogen (secondary N) is 2. The van der Waals surface area contributed by atoms with Gasteiger partial charge in [0.2, 0.25) is 0 Å². The maximum absolute atomic E-state index is 12.4. The highest BCUT2D eigenvalue weighted by molar-refractivity contribution is 5.93. The lowest BCUT2D eigenvalue weighted by molar-refractivity contribution is -0.384. The standard InChI is InChI=1S/C22H18N4O4/c1-14-9-10-15(22-24-18-7-2-3-8-19(18)25-22)11-20(14)23-21(27)13-30-17-6-4-5-16(12-17)26(28)29/h2-12H,13H2,1H3,(H,23,27)(H,24,25). The van der Waals surface area contributed by atoms with Crippen molar-refractivity contribution < 1.29 is 14.5 Å². The zero-order valence-electron chi connectivity index (χ0n) is 16.1. The van der Waals surface area contributed by atoms with Gasteiger partial charge in [0, 0.05) is 17.3 Å². The third kappa shape index (κ3) is 4.12. The molecule has 1 aromatic heterocycles. The third-order valence-electron chi connectivity index (χ3n) is 4.57. The van der Waals surface area contributed by atoms with E-state index in [1.54, 1.807) is 6.07 Å². The van der Waals surface area contributed by atoms with Crippen LogP contribution in [-0.4, -0.2) is 27.4 Å². The van der Waals surface area contributed by atoms with Gasteiger partial charge in [-0.2, -0.15) is 0 Å². The van der Waals surface area contributed by atoms with Crippen LogP contribution in [0.3, 0.4) is 0 Å². The Hall–Kier alpha value is -4.20. The molecule has 4 rings (SSSR count). The first-order valence-corrected chi connectivity index (χ1v) is 9.22. The highest BCUT2D eigenvalue weighted by Crippen LogP contribution is 2.26. The fourth-order valence-corrected chi connectivity index (χ4v) is 3.02. The number of H-pyrrole nitrogens is 1. The average Bonchev–Trinajstić information content (AvgIpc) is 3.18. The molecule has 2 N–H and O–H groups in total. The van der Waals surface area contributed by atoms with Crippen LogP contribution in [-0.2, 0) is 4.79 Å². The lowest BCUT2D eigenvalue weighted by atomic mass is 10.1. The van der Waals surface area contributed by atoms with Gasteiger partial charge < -0.3 is 15.0 Å². The van der Waals surface area contributed by atoms with Crippen molar-refractivity contribution in [2.75, 3.05) is 11.9 Å². The van der Waals surface area contributed by atoms with Gasteiger partial charge in [0.25, 0.3) is 11.6 Å². The Balaban J connectivity index is 1.47. The maximum Gasteiger partial charge on any atom is 0.273 e. The fourth-order valence-electron chi connectivity index (χ4n) is 3.02. The van der Waals surface area contributed by atoms with Gasteiger partial charge >= 0.3 is 0 Å². The highest BCUT2D eigenvalue weighted by Gasteiger charge is 2.11. The number of ether oxygens (including phenoxy) is 1. The number of amides is 1. The minimum atomic E-state index is -0.514. The molecule has 1 heterocycles. The summed E-state index contributed by atoms with van der Waals surface area (Å²) in [5.41, 5.74) is 4.07. The topological polar surface area (TPSA) is 110 Å². The third-order valence-corrected chi connectivity index (χ3v) is 4.57. The van der Waals surface area contributed by atoms with Crippen LogP contribution < -0.4 is 10.1 Å². The number of anilines is 1. The van der Waals surface area contributed by atoms with Crippen molar-refractivity contribution in [2.45, 2.75) is 6.92 Å². The van der Waals surface area contributed by atoms with Crippen LogP contribution in [0.1, 0.15) is 5.56 Å². The summed E-state index contributed by atoms with van der Waals surface area (Å²) in [6, 6.07) is 19.1. The smallest absolute Gasteiger partial charge is 0.273 e. The number of aromatic amines is 1. The molecule has 150 valence electrons. The number of aromatic nitrogens is 2. The molecule has 8 heteroatoms. The number of aryl methyl sites for hydroxylation is 1. The van der Waals surface area contributed by atoms with Crippen molar-refractivity contribution in [1.82, 2.24) is 9.97 Å². The Morgan fingerprint density at radius 2 is 1.97 bits per heavy atom. The number of hydrogen-bond acceptors (Lipinski definition) is 5. The molecule has 0 aliphatic rings. The van der Waals surface area contributed by atoms with Gasteiger partial charge in [0.15, 0.2) is 6.61 Å². The second-order valence-electron chi connectivity index (χ2n) is 6.72. The number of carbonyl (C=O) groups excluding carboxylic acids is 1. The van der Waals surface area contributed by atoms with E-state index in [4.69, 9.17) is 4.74 Å². The highest BCUT2D eigenvalue weighted by atomic mass is 16.6. The van der Waals surface area contributed by atoms with Gasteiger partial charge in [-0.1, -0.05) is 30.3 Å². The average molecular weight is 402 g/mol. The molecule has 4 aromatic rings. The molecule has 0 fully saturated rings. The van der Waals surface area contributed by atoms with Gasteiger partial charge in [0.05, 0.1) is 22.0 Å². The first-order chi connectivity index (χ1) is 14.5. The van der Waals surface area contributed by atoms with E-state index in [1.165, 1.54) is 18.2 Å². The number of imidazole rings is 1. The van der Waals surface area contributed by atoms with Gasteiger partial charge in [0.1, 0.15) is 11.6 Å². The van der Waals surface area contributed by atoms with Crippen LogP contribution >= 0.6 is 0 Å². The first-order valence-electron chi connectivity index (χ1n) is 9.22. The Morgan fingerprint density at radius 3 is 2.77 bits per heavy atom. The van der Waals surface area contributed by atoms with Crippen LogP contribution in [0, 0.1) is 17.0 Å². The number of nitrogens with zero attached hydrogens (tertiary/aromatic N) is 2. The largest absolute Gasteiger partial charge is 0.484 e. The zero-order chi connectivity index (χ0) is 21.1. The number of hydrogen-bond donors (Lipinski definition) is 2. The number of nitro benzene ring substituents is 1. The number of non-ortho nitro benzene ring substituents is 1. The molecule has 0 spiro atoms. The van der Waals surface area contributed by atoms with E-state index in [2.05, 4.69) is 15.3 Å². The summed E-state index contributed by atoms with van der Waals surface area (Å²) in [5, 5.41) is 13.7. The molecule has 1 amide bonds. The van der Waals surface area contributed by atoms with E-state index in [0.717, 1.165) is 22.2 Å².